The van der Waals surface area contributed by atoms with Crippen molar-refractivity contribution in [2.75, 3.05) is 32.8 Å². The molecule has 0 aliphatic carbocycles. The molecular formula is C37H42N6O6. The maximum Gasteiger partial charge on any atom is 0.267 e. The summed E-state index contributed by atoms with van der Waals surface area (Å²) in [5.41, 5.74) is 8.14. The number of carbonyl (C=O) groups excluding carboxylic acids is 3. The van der Waals surface area contributed by atoms with Crippen molar-refractivity contribution in [2.45, 2.75) is 43.6 Å². The van der Waals surface area contributed by atoms with Crippen LogP contribution in [0.2, 0.25) is 0 Å². The number of amides is 3. The maximum absolute atomic E-state index is 13.0. The first kappa shape index (κ1) is 34.8. The first-order valence-corrected chi connectivity index (χ1v) is 16.4. The monoisotopic (exact) mass is 666 g/mol. The quantitative estimate of drug-likeness (QED) is 0.0651. The van der Waals surface area contributed by atoms with Crippen LogP contribution in [0.15, 0.2) is 90.7 Å². The Labute approximate surface area is 285 Å². The van der Waals surface area contributed by atoms with E-state index < -0.39 is 12.0 Å². The molecule has 2 unspecified atom stereocenters. The van der Waals surface area contributed by atoms with Gasteiger partial charge in [0, 0.05) is 36.9 Å². The number of aromatic hydroxyl groups is 1. The summed E-state index contributed by atoms with van der Waals surface area (Å²) in [7, 11) is 0. The van der Waals surface area contributed by atoms with E-state index in [0.29, 0.717) is 24.6 Å². The largest absolute Gasteiger partial charge is 0.507 e. The van der Waals surface area contributed by atoms with Crippen LogP contribution in [0.4, 0.5) is 0 Å². The molecule has 0 radical (unpaired) electrons. The molecule has 2 saturated heterocycles. The molecule has 3 aromatic carbocycles. The Bertz CT molecular complexity index is 1680. The zero-order chi connectivity index (χ0) is 34.8. The van der Waals surface area contributed by atoms with Crippen LogP contribution in [0.25, 0.3) is 0 Å². The lowest BCUT2D eigenvalue weighted by atomic mass is 9.89. The van der Waals surface area contributed by atoms with Crippen LogP contribution in [0, 0.1) is 10.8 Å². The maximum atomic E-state index is 13.0. The Hall–Kier alpha value is -5.49. The zero-order valence-corrected chi connectivity index (χ0v) is 27.2. The third kappa shape index (κ3) is 9.77. The minimum absolute atomic E-state index is 0.000128. The molecule has 256 valence electrons. The van der Waals surface area contributed by atoms with E-state index in [9.17, 15) is 19.5 Å². The molecule has 49 heavy (non-hydrogen) atoms. The normalized spacial score (nSPS) is 17.9. The van der Waals surface area contributed by atoms with E-state index in [1.807, 2.05) is 54.6 Å². The minimum Gasteiger partial charge on any atom is -0.507 e. The average Bonchev–Trinajstić information content (AvgIpc) is 3.10. The number of nitrogens with two attached hydrogens (primary N) is 1. The Balaban J connectivity index is 1.10. The number of nitrogens with zero attached hydrogens (tertiary/aromatic N) is 1. The van der Waals surface area contributed by atoms with E-state index in [1.54, 1.807) is 18.2 Å². The second-order valence-electron chi connectivity index (χ2n) is 12.3. The third-order valence-electron chi connectivity index (χ3n) is 8.77. The number of piperidine rings is 2. The first-order chi connectivity index (χ1) is 23.7. The zero-order valence-electron chi connectivity index (χ0n) is 27.2. The van der Waals surface area contributed by atoms with Gasteiger partial charge in [0.05, 0.1) is 18.9 Å². The molecule has 12 heteroatoms. The summed E-state index contributed by atoms with van der Waals surface area (Å²) in [5.74, 6) is -0.502. The minimum atomic E-state index is -0.667. The van der Waals surface area contributed by atoms with Crippen LogP contribution in [0.5, 0.6) is 11.5 Å². The number of phenols is 1. The van der Waals surface area contributed by atoms with E-state index >= 15 is 0 Å². The number of imide groups is 1. The van der Waals surface area contributed by atoms with Gasteiger partial charge in [-0.1, -0.05) is 54.6 Å². The molecule has 7 N–H and O–H groups in total. The smallest absolute Gasteiger partial charge is 0.267 e. The summed E-state index contributed by atoms with van der Waals surface area (Å²) in [4.78, 5) is 38.6. The first-order valence-electron chi connectivity index (χ1n) is 16.4. The molecule has 2 aliphatic rings. The molecular weight excluding hydrogens is 624 g/mol. The molecule has 2 heterocycles. The van der Waals surface area contributed by atoms with Gasteiger partial charge >= 0.3 is 0 Å². The van der Waals surface area contributed by atoms with Crippen LogP contribution in [0.1, 0.15) is 54.2 Å². The number of hydrogen-bond acceptors (Lipinski definition) is 9. The van der Waals surface area contributed by atoms with E-state index in [0.717, 1.165) is 31.5 Å². The van der Waals surface area contributed by atoms with Crippen molar-refractivity contribution in [1.29, 1.82) is 10.8 Å². The highest BCUT2D eigenvalue weighted by Gasteiger charge is 2.28. The Morgan fingerprint density at radius 2 is 1.69 bits per heavy atom. The van der Waals surface area contributed by atoms with Crippen molar-refractivity contribution in [3.05, 3.63) is 107 Å². The fourth-order valence-corrected chi connectivity index (χ4v) is 5.99. The Kier molecular flexibility index (Phi) is 11.8. The molecule has 5 rings (SSSR count). The van der Waals surface area contributed by atoms with Gasteiger partial charge in [-0.3, -0.25) is 35.4 Å². The molecule has 2 atom stereocenters. The number of benzene rings is 3. The van der Waals surface area contributed by atoms with Crippen molar-refractivity contribution < 1.29 is 29.0 Å². The number of para-hydroxylation sites is 1. The average molecular weight is 667 g/mol. The van der Waals surface area contributed by atoms with Crippen molar-refractivity contribution in [1.82, 2.24) is 15.5 Å². The lowest BCUT2D eigenvalue weighted by molar-refractivity contribution is -0.138. The molecule has 3 aromatic rings. The lowest BCUT2D eigenvalue weighted by Crippen LogP contribution is -2.46. The summed E-state index contributed by atoms with van der Waals surface area (Å²) in [6.07, 6.45) is 3.08. The van der Waals surface area contributed by atoms with Gasteiger partial charge < -0.3 is 25.6 Å². The highest BCUT2D eigenvalue weighted by Crippen LogP contribution is 2.30. The van der Waals surface area contributed by atoms with Crippen molar-refractivity contribution >= 4 is 29.3 Å². The number of carbonyl (C=O) groups is 3. The van der Waals surface area contributed by atoms with Crippen LogP contribution in [0.3, 0.4) is 0 Å². The van der Waals surface area contributed by atoms with Gasteiger partial charge in [0.15, 0.2) is 17.7 Å². The number of amidine groups is 1. The number of rotatable bonds is 14. The molecule has 2 aliphatic heterocycles. The van der Waals surface area contributed by atoms with Crippen molar-refractivity contribution in [3.8, 4) is 11.5 Å². The van der Waals surface area contributed by atoms with Gasteiger partial charge in [0.2, 0.25) is 11.8 Å². The Morgan fingerprint density at radius 3 is 2.37 bits per heavy atom. The highest BCUT2D eigenvalue weighted by atomic mass is 16.5. The van der Waals surface area contributed by atoms with Gasteiger partial charge in [0.1, 0.15) is 11.5 Å². The van der Waals surface area contributed by atoms with Crippen LogP contribution in [-0.4, -0.2) is 78.2 Å². The summed E-state index contributed by atoms with van der Waals surface area (Å²) in [5, 5.41) is 31.8. The molecule has 0 bridgehead atoms. The predicted molar refractivity (Wildman–Crippen MR) is 185 cm³/mol. The number of allylic oxidation sites excluding steroid dienone is 1. The van der Waals surface area contributed by atoms with Crippen molar-refractivity contribution in [2.24, 2.45) is 5.73 Å². The third-order valence-corrected chi connectivity index (χ3v) is 8.77. The predicted octanol–water partition coefficient (Wildman–Crippen LogP) is 3.56. The Morgan fingerprint density at radius 1 is 1.00 bits per heavy atom. The van der Waals surface area contributed by atoms with Crippen LogP contribution >= 0.6 is 0 Å². The summed E-state index contributed by atoms with van der Waals surface area (Å²) in [6.45, 7) is 2.21. The molecule has 2 fully saturated rings. The standard InChI is InChI=1S/C37H42N6O6/c38-30(29-8-4-5-9-31(29)44)20-33(36(39)40)48-23-27(24-6-2-1-3-7-24)21-41-35(46)22-43-18-16-26(17-19-43)25-10-12-28(13-11-25)49-32-14-15-34(45)42-37(32)47/h1-13,20,26-27,32,38,44H,14-19,21-23H2,(H3,39,40)(H,41,46)(H,42,45,47)/b33-20+,38-30?. The SMILES string of the molecule is N=C(N)/C(=C\C(=N)c1ccccc1O)OCC(CNC(=O)CN1CCC(c2ccc(OC3CCC(=O)NC3=O)cc2)CC1)c1ccccc1. The highest BCUT2D eigenvalue weighted by molar-refractivity contribution is 6.12. The molecule has 0 saturated carbocycles. The van der Waals surface area contributed by atoms with Crippen LogP contribution in [-0.2, 0) is 19.1 Å². The van der Waals surface area contributed by atoms with Crippen molar-refractivity contribution in [3.63, 3.8) is 0 Å². The van der Waals surface area contributed by atoms with E-state index in [2.05, 4.69) is 15.5 Å². The molecule has 0 spiro atoms. The number of hydrogen-bond donors (Lipinski definition) is 6. The van der Waals surface area contributed by atoms with E-state index in [-0.39, 0.29) is 65.9 Å². The van der Waals surface area contributed by atoms with Gasteiger partial charge in [-0.15, -0.1) is 0 Å². The van der Waals surface area contributed by atoms with Gasteiger partial charge in [-0.2, -0.15) is 0 Å². The van der Waals surface area contributed by atoms with Gasteiger partial charge in [-0.05, 0) is 67.2 Å². The lowest BCUT2D eigenvalue weighted by Gasteiger charge is -2.32. The second kappa shape index (κ2) is 16.6. The second-order valence-corrected chi connectivity index (χ2v) is 12.3. The van der Waals surface area contributed by atoms with Crippen LogP contribution < -0.4 is 21.1 Å². The number of likely N-dealkylation sites (tertiary alicyclic amines) is 1. The summed E-state index contributed by atoms with van der Waals surface area (Å²) >= 11 is 0. The molecule has 0 aromatic heterocycles. The fraction of sp³-hybridized carbons (Fsp3) is 0.324. The molecule has 3 amide bonds. The van der Waals surface area contributed by atoms with E-state index in [1.165, 1.54) is 17.7 Å². The topological polar surface area (TPSA) is 191 Å². The fourth-order valence-electron chi connectivity index (χ4n) is 5.99. The number of ether oxygens (including phenoxy) is 2. The number of nitrogens with one attached hydrogen (secondary N) is 4. The van der Waals surface area contributed by atoms with E-state index in [4.69, 9.17) is 26.0 Å². The molecule has 12 nitrogen and oxygen atoms in total. The summed E-state index contributed by atoms with van der Waals surface area (Å²) in [6, 6.07) is 23.8. The van der Waals surface area contributed by atoms with Gasteiger partial charge in [0.25, 0.3) is 5.91 Å². The summed E-state index contributed by atoms with van der Waals surface area (Å²) < 4.78 is 11.7. The van der Waals surface area contributed by atoms with Gasteiger partial charge in [-0.25, -0.2) is 0 Å². The number of phenolic OH excluding ortho intramolecular Hbond substituents is 1.